The second-order valence-electron chi connectivity index (χ2n) is 5.67. The Morgan fingerprint density at radius 3 is 2.65 bits per heavy atom. The highest BCUT2D eigenvalue weighted by atomic mass is 15.3. The van der Waals surface area contributed by atoms with Crippen molar-refractivity contribution in [1.29, 1.82) is 0 Å². The second-order valence-corrected chi connectivity index (χ2v) is 5.67. The van der Waals surface area contributed by atoms with Crippen LogP contribution in [0.5, 0.6) is 0 Å². The molecule has 0 radical (unpaired) electrons. The van der Waals surface area contributed by atoms with Crippen LogP contribution in [0.3, 0.4) is 0 Å². The average Bonchev–Trinajstić information content (AvgIpc) is 3.20. The highest BCUT2D eigenvalue weighted by molar-refractivity contribution is 5.32. The molecule has 0 aliphatic heterocycles. The van der Waals surface area contributed by atoms with Gasteiger partial charge in [-0.25, -0.2) is 9.67 Å². The lowest BCUT2D eigenvalue weighted by molar-refractivity contribution is 0.683. The van der Waals surface area contributed by atoms with Crippen LogP contribution < -0.4 is 5.32 Å². The van der Waals surface area contributed by atoms with Crippen molar-refractivity contribution < 1.29 is 0 Å². The summed E-state index contributed by atoms with van der Waals surface area (Å²) in [5, 5.41) is 8.10. The monoisotopic (exact) mass is 270 g/mol. The maximum atomic E-state index is 4.71. The van der Waals surface area contributed by atoms with E-state index in [2.05, 4.69) is 42.5 Å². The van der Waals surface area contributed by atoms with Gasteiger partial charge in [-0.3, -0.25) is 0 Å². The Morgan fingerprint density at radius 2 is 2.05 bits per heavy atom. The topological polar surface area (TPSA) is 42.7 Å². The molecule has 0 spiro atoms. The Morgan fingerprint density at radius 1 is 1.25 bits per heavy atom. The summed E-state index contributed by atoms with van der Waals surface area (Å²) in [7, 11) is 0. The van der Waals surface area contributed by atoms with Gasteiger partial charge in [0.25, 0.3) is 0 Å². The Labute approximate surface area is 120 Å². The normalized spacial score (nSPS) is 14.8. The molecule has 0 bridgehead atoms. The van der Waals surface area contributed by atoms with E-state index in [-0.39, 0.29) is 0 Å². The fraction of sp³-hybridized carbons (Fsp3) is 0.500. The maximum absolute atomic E-state index is 4.71. The van der Waals surface area contributed by atoms with Crippen molar-refractivity contribution in [3.8, 4) is 5.82 Å². The molecule has 4 heteroatoms. The summed E-state index contributed by atoms with van der Waals surface area (Å²) in [6, 6.07) is 7.16. The summed E-state index contributed by atoms with van der Waals surface area (Å²) in [4.78, 5) is 4.71. The van der Waals surface area contributed by atoms with Gasteiger partial charge in [-0.15, -0.1) is 0 Å². The zero-order valence-electron chi connectivity index (χ0n) is 12.5. The van der Waals surface area contributed by atoms with Crippen LogP contribution in [-0.2, 0) is 13.0 Å². The number of pyridine rings is 1. The van der Waals surface area contributed by atoms with Crippen LogP contribution in [0.2, 0.25) is 0 Å². The van der Waals surface area contributed by atoms with E-state index in [1.54, 1.807) is 0 Å². The Bertz CT molecular complexity index is 611. The molecule has 1 aliphatic carbocycles. The molecule has 1 fully saturated rings. The van der Waals surface area contributed by atoms with Gasteiger partial charge in [-0.1, -0.05) is 6.92 Å². The highest BCUT2D eigenvalue weighted by Crippen LogP contribution is 2.20. The van der Waals surface area contributed by atoms with E-state index < -0.39 is 0 Å². The van der Waals surface area contributed by atoms with Gasteiger partial charge in [0.15, 0.2) is 5.82 Å². The van der Waals surface area contributed by atoms with Crippen molar-refractivity contribution in [2.75, 3.05) is 0 Å². The Hall–Kier alpha value is -1.68. The van der Waals surface area contributed by atoms with Crippen molar-refractivity contribution in [2.24, 2.45) is 0 Å². The SMILES string of the molecule is CCc1cc(CNC2CC2)cc(-n2nc(C)cc2C)n1. The largest absolute Gasteiger partial charge is 0.310 e. The first-order valence-electron chi connectivity index (χ1n) is 7.42. The summed E-state index contributed by atoms with van der Waals surface area (Å²) in [5.41, 5.74) is 4.59. The minimum atomic E-state index is 0.727. The number of hydrogen-bond acceptors (Lipinski definition) is 3. The molecular formula is C16H22N4. The van der Waals surface area contributed by atoms with Gasteiger partial charge in [-0.2, -0.15) is 5.10 Å². The van der Waals surface area contributed by atoms with Gasteiger partial charge in [0.05, 0.1) is 5.69 Å². The van der Waals surface area contributed by atoms with E-state index in [0.717, 1.165) is 41.9 Å². The molecule has 0 amide bonds. The van der Waals surface area contributed by atoms with Crippen molar-refractivity contribution in [2.45, 2.75) is 52.6 Å². The third kappa shape index (κ3) is 2.90. The molecule has 1 N–H and O–H groups in total. The number of hydrogen-bond donors (Lipinski definition) is 1. The first kappa shape index (κ1) is 13.3. The summed E-state index contributed by atoms with van der Waals surface area (Å²) in [6.45, 7) is 7.16. The highest BCUT2D eigenvalue weighted by Gasteiger charge is 2.20. The maximum Gasteiger partial charge on any atom is 0.154 e. The van der Waals surface area contributed by atoms with Crippen LogP contribution in [0, 0.1) is 13.8 Å². The van der Waals surface area contributed by atoms with Crippen molar-refractivity contribution in [1.82, 2.24) is 20.1 Å². The lowest BCUT2D eigenvalue weighted by Gasteiger charge is -2.10. The Balaban J connectivity index is 1.92. The third-order valence-electron chi connectivity index (χ3n) is 3.69. The molecule has 1 aliphatic rings. The summed E-state index contributed by atoms with van der Waals surface area (Å²) in [6.07, 6.45) is 3.58. The van der Waals surface area contributed by atoms with Crippen LogP contribution in [-0.4, -0.2) is 20.8 Å². The zero-order valence-corrected chi connectivity index (χ0v) is 12.5. The number of nitrogens with one attached hydrogen (secondary N) is 1. The van der Waals surface area contributed by atoms with Crippen LogP contribution >= 0.6 is 0 Å². The van der Waals surface area contributed by atoms with Crippen molar-refractivity contribution >= 4 is 0 Å². The lowest BCUT2D eigenvalue weighted by Crippen LogP contribution is -2.16. The summed E-state index contributed by atoms with van der Waals surface area (Å²) >= 11 is 0. The van der Waals surface area contributed by atoms with Gasteiger partial charge in [0.1, 0.15) is 0 Å². The number of nitrogens with zero attached hydrogens (tertiary/aromatic N) is 3. The predicted molar refractivity (Wildman–Crippen MR) is 80.1 cm³/mol. The van der Waals surface area contributed by atoms with Crippen LogP contribution in [0.25, 0.3) is 5.82 Å². The number of aryl methyl sites for hydroxylation is 3. The van der Waals surface area contributed by atoms with Gasteiger partial charge in [-0.05, 0) is 56.9 Å². The number of rotatable bonds is 5. The second kappa shape index (κ2) is 5.37. The lowest BCUT2D eigenvalue weighted by atomic mass is 10.2. The fourth-order valence-corrected chi connectivity index (χ4v) is 2.44. The van der Waals surface area contributed by atoms with Gasteiger partial charge in [0.2, 0.25) is 0 Å². The van der Waals surface area contributed by atoms with Crippen LogP contribution in [0.1, 0.15) is 42.4 Å². The van der Waals surface area contributed by atoms with Crippen LogP contribution in [0.4, 0.5) is 0 Å². The molecule has 3 rings (SSSR count). The molecule has 0 atom stereocenters. The number of aromatic nitrogens is 3. The molecule has 2 aromatic rings. The van der Waals surface area contributed by atoms with Crippen molar-refractivity contribution in [3.63, 3.8) is 0 Å². The van der Waals surface area contributed by atoms with Gasteiger partial charge < -0.3 is 5.32 Å². The molecule has 2 aromatic heterocycles. The molecule has 1 saturated carbocycles. The minimum absolute atomic E-state index is 0.727. The van der Waals surface area contributed by atoms with Crippen LogP contribution in [0.15, 0.2) is 18.2 Å². The summed E-state index contributed by atoms with van der Waals surface area (Å²) in [5.74, 6) is 0.933. The summed E-state index contributed by atoms with van der Waals surface area (Å²) < 4.78 is 1.94. The van der Waals surface area contributed by atoms with E-state index in [1.165, 1.54) is 18.4 Å². The average molecular weight is 270 g/mol. The first-order valence-corrected chi connectivity index (χ1v) is 7.42. The molecule has 20 heavy (non-hydrogen) atoms. The van der Waals surface area contributed by atoms with E-state index in [0.29, 0.717) is 0 Å². The smallest absolute Gasteiger partial charge is 0.154 e. The molecule has 0 aromatic carbocycles. The molecular weight excluding hydrogens is 248 g/mol. The minimum Gasteiger partial charge on any atom is -0.310 e. The van der Waals surface area contributed by atoms with Gasteiger partial charge in [0, 0.05) is 24.0 Å². The molecule has 106 valence electrons. The predicted octanol–water partition coefficient (Wildman–Crippen LogP) is 2.70. The molecule has 2 heterocycles. The van der Waals surface area contributed by atoms with E-state index in [1.807, 2.05) is 11.6 Å². The first-order chi connectivity index (χ1) is 9.65. The molecule has 4 nitrogen and oxygen atoms in total. The van der Waals surface area contributed by atoms with Gasteiger partial charge >= 0.3 is 0 Å². The molecule has 0 unspecified atom stereocenters. The fourth-order valence-electron chi connectivity index (χ4n) is 2.44. The standard InChI is InChI=1S/C16H22N4/c1-4-14-8-13(10-17-15-5-6-15)9-16(18-14)20-12(3)7-11(2)19-20/h7-9,15,17H,4-6,10H2,1-3H3. The van der Waals surface area contributed by atoms with Crippen molar-refractivity contribution in [3.05, 3.63) is 40.8 Å². The zero-order chi connectivity index (χ0) is 14.1. The van der Waals surface area contributed by atoms with E-state index in [4.69, 9.17) is 4.98 Å². The quantitative estimate of drug-likeness (QED) is 0.908. The van der Waals surface area contributed by atoms with E-state index in [9.17, 15) is 0 Å². The third-order valence-corrected chi connectivity index (χ3v) is 3.69. The van der Waals surface area contributed by atoms with E-state index >= 15 is 0 Å². The Kier molecular flexibility index (Phi) is 3.57. The molecule has 0 saturated heterocycles.